The molecule has 2 atom stereocenters. The van der Waals surface area contributed by atoms with Gasteiger partial charge in [0.05, 0.1) is 27.7 Å². The van der Waals surface area contributed by atoms with Gasteiger partial charge in [-0.05, 0) is 96.3 Å². The molecule has 354 valence electrons. The molecule has 0 bridgehead atoms. The summed E-state index contributed by atoms with van der Waals surface area (Å²) in [7, 11) is 1.43. The smallest absolute Gasteiger partial charge is 0.462 e. The van der Waals surface area contributed by atoms with Crippen LogP contribution in [-0.2, 0) is 32.7 Å². The van der Waals surface area contributed by atoms with Crippen LogP contribution in [0.1, 0.15) is 168 Å². The van der Waals surface area contributed by atoms with Crippen molar-refractivity contribution in [3.63, 3.8) is 0 Å². The number of quaternary nitrogens is 1. The van der Waals surface area contributed by atoms with Crippen molar-refractivity contribution in [1.82, 2.24) is 0 Å². The number of unbranched alkanes of at least 4 members (excludes halogenated alkanes) is 12. The van der Waals surface area contributed by atoms with Gasteiger partial charge in [0.2, 0.25) is 0 Å². The van der Waals surface area contributed by atoms with Crippen LogP contribution in [0, 0.1) is 0 Å². The number of likely N-dealkylation sites (N-methyl/N-ethyl adjacent to an activating group) is 1. The molecule has 0 aliphatic heterocycles. The predicted octanol–water partition coefficient (Wildman–Crippen LogP) is 14.1. The third-order valence-electron chi connectivity index (χ3n) is 9.60. The topological polar surface area (TPSA) is 108 Å². The van der Waals surface area contributed by atoms with Gasteiger partial charge in [0.25, 0.3) is 0 Å². The fraction of sp³-hybridized carbons (Fsp3) is 0.654. The second kappa shape index (κ2) is 43.2. The van der Waals surface area contributed by atoms with Crippen LogP contribution in [0.5, 0.6) is 0 Å². The Bertz CT molecular complexity index is 1370. The minimum atomic E-state index is -4.40. The second-order valence-electron chi connectivity index (χ2n) is 16.8. The molecule has 0 heterocycles. The number of hydrogen-bond donors (Lipinski definition) is 1. The summed E-state index contributed by atoms with van der Waals surface area (Å²) in [5, 5.41) is 0. The second-order valence-corrected chi connectivity index (χ2v) is 18.2. The molecule has 0 aliphatic carbocycles. The SMILES string of the molecule is CC/C=C\C/C=C\C/C=C\C/C=C\C/C=C\C/C=C\CCCCC(=O)OC(COC(=O)CCCCCCCCC/C=C\C/C=C\CCCCC)COP(=O)(O)OCC[N+](C)(C)C. The first-order valence-electron chi connectivity index (χ1n) is 24.0. The molecule has 2 unspecified atom stereocenters. The van der Waals surface area contributed by atoms with Crippen molar-refractivity contribution in [3.05, 3.63) is 97.2 Å². The molecule has 0 saturated heterocycles. The van der Waals surface area contributed by atoms with Gasteiger partial charge in [-0.25, -0.2) is 4.57 Å². The molecular formula is C52H89NO8P+. The van der Waals surface area contributed by atoms with Crippen molar-refractivity contribution in [1.29, 1.82) is 0 Å². The number of ether oxygens (including phenoxy) is 2. The Morgan fingerprint density at radius 2 is 0.919 bits per heavy atom. The number of esters is 2. The van der Waals surface area contributed by atoms with Crippen LogP contribution >= 0.6 is 7.82 Å². The third kappa shape index (κ3) is 46.4. The zero-order chi connectivity index (χ0) is 45.7. The highest BCUT2D eigenvalue weighted by molar-refractivity contribution is 7.47. The van der Waals surface area contributed by atoms with Gasteiger partial charge in [-0.3, -0.25) is 18.6 Å². The Morgan fingerprint density at radius 3 is 1.40 bits per heavy atom. The Morgan fingerprint density at radius 1 is 0.516 bits per heavy atom. The first-order valence-corrected chi connectivity index (χ1v) is 25.5. The van der Waals surface area contributed by atoms with Crippen molar-refractivity contribution < 1.29 is 42.1 Å². The zero-order valence-electron chi connectivity index (χ0n) is 39.8. The van der Waals surface area contributed by atoms with Gasteiger partial charge in [0, 0.05) is 12.8 Å². The number of allylic oxidation sites excluding steroid dienone is 16. The molecule has 0 saturated carbocycles. The van der Waals surface area contributed by atoms with E-state index in [0.29, 0.717) is 17.4 Å². The van der Waals surface area contributed by atoms with Crippen molar-refractivity contribution in [2.24, 2.45) is 0 Å². The average Bonchev–Trinajstić information content (AvgIpc) is 3.23. The van der Waals surface area contributed by atoms with Gasteiger partial charge in [0.15, 0.2) is 6.10 Å². The number of rotatable bonds is 42. The van der Waals surface area contributed by atoms with Crippen LogP contribution in [-0.4, -0.2) is 74.9 Å². The molecule has 0 rings (SSSR count). The molecule has 9 nitrogen and oxygen atoms in total. The molecule has 0 aliphatic rings. The lowest BCUT2D eigenvalue weighted by atomic mass is 10.1. The van der Waals surface area contributed by atoms with E-state index in [0.717, 1.165) is 89.9 Å². The normalized spacial score (nSPS) is 14.4. The minimum absolute atomic E-state index is 0.0161. The highest BCUT2D eigenvalue weighted by Gasteiger charge is 2.27. The maximum atomic E-state index is 12.7. The Labute approximate surface area is 379 Å². The van der Waals surface area contributed by atoms with E-state index in [1.54, 1.807) is 0 Å². The highest BCUT2D eigenvalue weighted by Crippen LogP contribution is 2.43. The largest absolute Gasteiger partial charge is 0.472 e. The number of phosphoric acid groups is 1. The molecule has 0 radical (unpaired) electrons. The summed E-state index contributed by atoms with van der Waals surface area (Å²) in [6, 6.07) is 0. The van der Waals surface area contributed by atoms with E-state index in [1.807, 2.05) is 21.1 Å². The molecule has 0 amide bonds. The Hall–Kier alpha value is -3.07. The average molecular weight is 887 g/mol. The highest BCUT2D eigenvalue weighted by atomic mass is 31.2. The number of carbonyl (C=O) groups excluding carboxylic acids is 2. The van der Waals surface area contributed by atoms with Crippen molar-refractivity contribution in [3.8, 4) is 0 Å². The number of phosphoric ester groups is 1. The molecule has 0 spiro atoms. The summed E-state index contributed by atoms with van der Waals surface area (Å²) in [5.74, 6) is -0.867. The van der Waals surface area contributed by atoms with E-state index in [4.69, 9.17) is 18.5 Å². The van der Waals surface area contributed by atoms with Gasteiger partial charge in [-0.1, -0.05) is 156 Å². The van der Waals surface area contributed by atoms with Crippen LogP contribution in [0.25, 0.3) is 0 Å². The first-order chi connectivity index (χ1) is 30.0. The summed E-state index contributed by atoms with van der Waals surface area (Å²) in [6.45, 7) is 4.20. The molecule has 0 aromatic rings. The van der Waals surface area contributed by atoms with E-state index in [-0.39, 0.29) is 26.1 Å². The van der Waals surface area contributed by atoms with Crippen LogP contribution in [0.4, 0.5) is 0 Å². The molecule has 1 N–H and O–H groups in total. The van der Waals surface area contributed by atoms with E-state index in [2.05, 4.69) is 111 Å². The molecular weight excluding hydrogens is 798 g/mol. The lowest BCUT2D eigenvalue weighted by molar-refractivity contribution is -0.870. The Balaban J connectivity index is 4.43. The number of hydrogen-bond acceptors (Lipinski definition) is 7. The van der Waals surface area contributed by atoms with Gasteiger partial charge >= 0.3 is 19.8 Å². The van der Waals surface area contributed by atoms with E-state index in [1.165, 1.54) is 44.9 Å². The maximum Gasteiger partial charge on any atom is 0.472 e. The summed E-state index contributed by atoms with van der Waals surface area (Å²) in [5.41, 5.74) is 0. The summed E-state index contributed by atoms with van der Waals surface area (Å²) in [4.78, 5) is 35.5. The zero-order valence-corrected chi connectivity index (χ0v) is 40.7. The predicted molar refractivity (Wildman–Crippen MR) is 261 cm³/mol. The van der Waals surface area contributed by atoms with Crippen LogP contribution in [0.15, 0.2) is 97.2 Å². The van der Waals surface area contributed by atoms with Gasteiger partial charge < -0.3 is 18.9 Å². The van der Waals surface area contributed by atoms with E-state index >= 15 is 0 Å². The van der Waals surface area contributed by atoms with Crippen LogP contribution in [0.2, 0.25) is 0 Å². The Kier molecular flexibility index (Phi) is 41.1. The van der Waals surface area contributed by atoms with E-state index in [9.17, 15) is 19.0 Å². The fourth-order valence-corrected chi connectivity index (χ4v) is 6.61. The summed E-state index contributed by atoms with van der Waals surface area (Å²) in [6.07, 6.45) is 57.4. The van der Waals surface area contributed by atoms with E-state index < -0.39 is 32.5 Å². The summed E-state index contributed by atoms with van der Waals surface area (Å²) < 4.78 is 34.3. The van der Waals surface area contributed by atoms with Crippen LogP contribution < -0.4 is 0 Å². The van der Waals surface area contributed by atoms with Gasteiger partial charge in [0.1, 0.15) is 19.8 Å². The van der Waals surface area contributed by atoms with Gasteiger partial charge in [-0.15, -0.1) is 0 Å². The number of carbonyl (C=O) groups is 2. The quantitative estimate of drug-likeness (QED) is 0.0212. The minimum Gasteiger partial charge on any atom is -0.462 e. The van der Waals surface area contributed by atoms with Crippen molar-refractivity contribution in [2.75, 3.05) is 47.5 Å². The fourth-order valence-electron chi connectivity index (χ4n) is 5.87. The molecule has 62 heavy (non-hydrogen) atoms. The molecule has 0 fully saturated rings. The lowest BCUT2D eigenvalue weighted by Gasteiger charge is -2.24. The third-order valence-corrected chi connectivity index (χ3v) is 10.6. The van der Waals surface area contributed by atoms with Crippen LogP contribution in [0.3, 0.4) is 0 Å². The molecule has 10 heteroatoms. The maximum absolute atomic E-state index is 12.7. The van der Waals surface area contributed by atoms with Crippen molar-refractivity contribution in [2.45, 2.75) is 174 Å². The monoisotopic (exact) mass is 887 g/mol. The molecule has 0 aromatic carbocycles. The summed E-state index contributed by atoms with van der Waals surface area (Å²) >= 11 is 0. The first kappa shape index (κ1) is 58.9. The molecule has 0 aromatic heterocycles. The lowest BCUT2D eigenvalue weighted by Crippen LogP contribution is -2.37. The number of nitrogens with zero attached hydrogens (tertiary/aromatic N) is 1. The standard InChI is InChI=1S/C52H88NO8P/c1-6-8-10-12-14-16-18-20-22-24-25-26-27-29-31-33-35-37-39-41-43-45-52(55)61-50(49-60-62(56,57)59-47-46-53(3,4)5)48-58-51(54)44-42-40-38-36-34-32-30-28-23-21-19-17-15-13-11-9-7-2/h8,10,14-17,20-23,25-26,29,31,35,37,50H,6-7,9,11-13,18-19,24,27-28,30,32-34,36,38-49H2,1-5H3/p+1/b10-8-,16-14-,17-15-,22-20-,23-21-,26-25-,31-29-,37-35-. The van der Waals surface area contributed by atoms with Gasteiger partial charge in [-0.2, -0.15) is 0 Å². The van der Waals surface area contributed by atoms with Crippen molar-refractivity contribution >= 4 is 19.8 Å².